The Kier molecular flexibility index (Phi) is 3.49. The van der Waals surface area contributed by atoms with E-state index in [1.807, 2.05) is 0 Å². The van der Waals surface area contributed by atoms with E-state index in [9.17, 15) is 9.59 Å². The van der Waals surface area contributed by atoms with Crippen LogP contribution in [0.5, 0.6) is 0 Å². The van der Waals surface area contributed by atoms with E-state index in [4.69, 9.17) is 0 Å². The van der Waals surface area contributed by atoms with E-state index in [1.54, 1.807) is 24.3 Å². The highest BCUT2D eigenvalue weighted by molar-refractivity contribution is 14.1. The summed E-state index contributed by atoms with van der Waals surface area (Å²) in [5, 5.41) is 0. The lowest BCUT2D eigenvalue weighted by molar-refractivity contribution is 0.0594. The monoisotopic (exact) mass is 357 g/mol. The lowest BCUT2D eigenvalue weighted by Crippen LogP contribution is -2.41. The van der Waals surface area contributed by atoms with Crippen molar-refractivity contribution in [1.29, 1.82) is 0 Å². The summed E-state index contributed by atoms with van der Waals surface area (Å²) in [7, 11) is 0. The van der Waals surface area contributed by atoms with Crippen LogP contribution in [0.4, 0.5) is 0 Å². The molecule has 96 valence electrons. The first kappa shape index (κ1) is 13.5. The summed E-state index contributed by atoms with van der Waals surface area (Å²) in [6, 6.07) is 7.02. The molecule has 0 aliphatic carbocycles. The lowest BCUT2D eigenvalue weighted by atomic mass is 9.89. The zero-order chi connectivity index (χ0) is 13.5. The fourth-order valence-corrected chi connectivity index (χ4v) is 2.11. The highest BCUT2D eigenvalue weighted by atomic mass is 127. The molecule has 2 rings (SSSR count). The van der Waals surface area contributed by atoms with Gasteiger partial charge >= 0.3 is 0 Å². The molecular formula is C14H16INO2. The van der Waals surface area contributed by atoms with Gasteiger partial charge in [-0.15, -0.1) is 0 Å². The van der Waals surface area contributed by atoms with Crippen LogP contribution in [-0.4, -0.2) is 27.2 Å². The Labute approximate surface area is 121 Å². The Morgan fingerprint density at radius 2 is 1.61 bits per heavy atom. The van der Waals surface area contributed by atoms with Gasteiger partial charge in [-0.1, -0.05) is 55.5 Å². The van der Waals surface area contributed by atoms with Gasteiger partial charge in [-0.05, 0) is 17.5 Å². The predicted octanol–water partition coefficient (Wildman–Crippen LogP) is 3.13. The van der Waals surface area contributed by atoms with Crippen LogP contribution in [0.3, 0.4) is 0 Å². The molecule has 0 fully saturated rings. The van der Waals surface area contributed by atoms with Gasteiger partial charge in [0.25, 0.3) is 11.8 Å². The summed E-state index contributed by atoms with van der Waals surface area (Å²) in [5.74, 6) is -0.332. The van der Waals surface area contributed by atoms with Crippen LogP contribution in [-0.2, 0) is 0 Å². The Morgan fingerprint density at radius 3 is 2.00 bits per heavy atom. The highest BCUT2D eigenvalue weighted by Gasteiger charge is 2.39. The summed E-state index contributed by atoms with van der Waals surface area (Å²) in [5.41, 5.74) is 0.965. The van der Waals surface area contributed by atoms with E-state index in [-0.39, 0.29) is 17.2 Å². The second kappa shape index (κ2) is 4.64. The smallest absolute Gasteiger partial charge is 0.261 e. The third-order valence-corrected chi connectivity index (χ3v) is 5.21. The van der Waals surface area contributed by atoms with Gasteiger partial charge in [0.2, 0.25) is 0 Å². The number of hydrogen-bond acceptors (Lipinski definition) is 2. The standard InChI is InChI=1S/C14H16INO2/c1-9(15)14(2,3)8-16-12(17)10-6-4-5-7-11(10)13(16)18/h4-7,9H,8H2,1-3H3. The normalized spacial score (nSPS) is 17.0. The van der Waals surface area contributed by atoms with E-state index in [1.165, 1.54) is 4.90 Å². The van der Waals surface area contributed by atoms with Crippen molar-refractivity contribution in [3.63, 3.8) is 0 Å². The Hall–Kier alpha value is -0.910. The SMILES string of the molecule is CC(I)C(C)(C)CN1C(=O)c2ccccc2C1=O. The first-order chi connectivity index (χ1) is 8.34. The van der Waals surface area contributed by atoms with Crippen LogP contribution in [0.2, 0.25) is 0 Å². The molecule has 0 aromatic heterocycles. The fourth-order valence-electron chi connectivity index (χ4n) is 1.92. The topological polar surface area (TPSA) is 37.4 Å². The predicted molar refractivity (Wildman–Crippen MR) is 79.1 cm³/mol. The van der Waals surface area contributed by atoms with Crippen molar-refractivity contribution in [2.75, 3.05) is 6.54 Å². The van der Waals surface area contributed by atoms with Gasteiger partial charge in [-0.25, -0.2) is 0 Å². The van der Waals surface area contributed by atoms with E-state index in [0.29, 0.717) is 21.6 Å². The molecule has 4 heteroatoms. The molecule has 2 amide bonds. The number of hydrogen-bond donors (Lipinski definition) is 0. The van der Waals surface area contributed by atoms with Crippen LogP contribution in [0.25, 0.3) is 0 Å². The maximum absolute atomic E-state index is 12.2. The third-order valence-electron chi connectivity index (χ3n) is 3.52. The molecule has 1 heterocycles. The number of amides is 2. The van der Waals surface area contributed by atoms with Crippen molar-refractivity contribution in [3.8, 4) is 0 Å². The summed E-state index contributed by atoms with van der Waals surface area (Å²) in [4.78, 5) is 25.8. The molecule has 1 aromatic carbocycles. The number of carbonyl (C=O) groups is 2. The van der Waals surface area contributed by atoms with Crippen molar-refractivity contribution < 1.29 is 9.59 Å². The lowest BCUT2D eigenvalue weighted by Gasteiger charge is -2.31. The van der Waals surface area contributed by atoms with Crippen molar-refractivity contribution in [1.82, 2.24) is 4.90 Å². The van der Waals surface area contributed by atoms with E-state index in [0.717, 1.165) is 0 Å². The molecule has 1 unspecified atom stereocenters. The largest absolute Gasteiger partial charge is 0.274 e. The number of nitrogens with zero attached hydrogens (tertiary/aromatic N) is 1. The van der Waals surface area contributed by atoms with Gasteiger partial charge in [-0.2, -0.15) is 0 Å². The molecule has 0 bridgehead atoms. The molecule has 1 aromatic rings. The Morgan fingerprint density at radius 1 is 1.17 bits per heavy atom. The molecule has 3 nitrogen and oxygen atoms in total. The molecule has 1 aliphatic heterocycles. The van der Waals surface area contributed by atoms with E-state index in [2.05, 4.69) is 43.4 Å². The number of carbonyl (C=O) groups excluding carboxylic acids is 2. The Balaban J connectivity index is 2.30. The second-order valence-electron chi connectivity index (χ2n) is 5.35. The van der Waals surface area contributed by atoms with Gasteiger partial charge in [0.15, 0.2) is 0 Å². The summed E-state index contributed by atoms with van der Waals surface area (Å²) in [6.07, 6.45) is 0. The molecule has 0 spiro atoms. The number of imide groups is 1. The molecule has 0 saturated carbocycles. The number of fused-ring (bicyclic) bond motifs is 1. The van der Waals surface area contributed by atoms with E-state index >= 15 is 0 Å². The minimum Gasteiger partial charge on any atom is -0.274 e. The molecule has 0 N–H and O–H groups in total. The first-order valence-electron chi connectivity index (χ1n) is 5.94. The zero-order valence-corrected chi connectivity index (χ0v) is 12.9. The molecule has 18 heavy (non-hydrogen) atoms. The van der Waals surface area contributed by atoms with Gasteiger partial charge in [-0.3, -0.25) is 14.5 Å². The van der Waals surface area contributed by atoms with Gasteiger partial charge in [0.05, 0.1) is 11.1 Å². The maximum atomic E-state index is 12.2. The number of rotatable bonds is 3. The van der Waals surface area contributed by atoms with Crippen molar-refractivity contribution in [2.24, 2.45) is 5.41 Å². The zero-order valence-electron chi connectivity index (χ0n) is 10.7. The van der Waals surface area contributed by atoms with Crippen LogP contribution >= 0.6 is 22.6 Å². The number of alkyl halides is 1. The molecule has 1 atom stereocenters. The van der Waals surface area contributed by atoms with Crippen molar-refractivity contribution >= 4 is 34.4 Å². The Bertz CT molecular complexity index is 473. The highest BCUT2D eigenvalue weighted by Crippen LogP contribution is 2.31. The minimum absolute atomic E-state index is 0.0894. The molecular weight excluding hydrogens is 341 g/mol. The maximum Gasteiger partial charge on any atom is 0.261 e. The van der Waals surface area contributed by atoms with Crippen LogP contribution in [0.15, 0.2) is 24.3 Å². The fraction of sp³-hybridized carbons (Fsp3) is 0.429. The number of halogens is 1. The molecule has 0 radical (unpaired) electrons. The van der Waals surface area contributed by atoms with Gasteiger partial charge in [0.1, 0.15) is 0 Å². The summed E-state index contributed by atoms with van der Waals surface area (Å²) < 4.78 is 0.374. The van der Waals surface area contributed by atoms with Gasteiger partial charge < -0.3 is 0 Å². The molecule has 1 aliphatic rings. The summed E-state index contributed by atoms with van der Waals surface area (Å²) >= 11 is 2.34. The van der Waals surface area contributed by atoms with Crippen LogP contribution in [0, 0.1) is 5.41 Å². The average molecular weight is 357 g/mol. The van der Waals surface area contributed by atoms with Crippen LogP contribution in [0.1, 0.15) is 41.5 Å². The quantitative estimate of drug-likeness (QED) is 0.474. The first-order valence-corrected chi connectivity index (χ1v) is 7.18. The number of benzene rings is 1. The van der Waals surface area contributed by atoms with Crippen LogP contribution < -0.4 is 0 Å². The average Bonchev–Trinajstić information content (AvgIpc) is 2.55. The molecule has 0 saturated heterocycles. The van der Waals surface area contributed by atoms with E-state index < -0.39 is 0 Å². The second-order valence-corrected chi connectivity index (χ2v) is 7.22. The third kappa shape index (κ3) is 2.18. The van der Waals surface area contributed by atoms with Crippen molar-refractivity contribution in [3.05, 3.63) is 35.4 Å². The van der Waals surface area contributed by atoms with Gasteiger partial charge in [0, 0.05) is 10.5 Å². The minimum atomic E-state index is -0.166. The van der Waals surface area contributed by atoms with Crippen molar-refractivity contribution in [2.45, 2.75) is 24.7 Å². The summed E-state index contributed by atoms with van der Waals surface area (Å²) in [6.45, 7) is 6.71.